The molecular weight excluding hydrogens is 599 g/mol. The van der Waals surface area contributed by atoms with Crippen LogP contribution in [0.4, 0.5) is 11.8 Å². The number of nitrogens with one attached hydrogen (secondary N) is 1. The highest BCUT2D eigenvalue weighted by molar-refractivity contribution is 6.39. The van der Waals surface area contributed by atoms with E-state index in [2.05, 4.69) is 15.2 Å². The summed E-state index contributed by atoms with van der Waals surface area (Å²) in [5.41, 5.74) is 3.63. The first-order valence-corrected chi connectivity index (χ1v) is 15.4. The lowest BCUT2D eigenvalue weighted by Crippen LogP contribution is -2.35. The number of carboxylic acids is 1. The SMILES string of the molecule is COc1cccc(OC)c1-c1ccc(C[C@H](Nc2nc(N(C)C3CCCCC3)ncc2-c2c(Cl)cccc2Cl)C(=O)O)cc1. The fraction of sp³-hybridized carbons (Fsp3) is 0.324. The minimum atomic E-state index is -1.02. The van der Waals surface area contributed by atoms with E-state index in [-0.39, 0.29) is 6.42 Å². The first-order valence-electron chi connectivity index (χ1n) is 14.6. The van der Waals surface area contributed by atoms with Crippen LogP contribution in [0, 0.1) is 0 Å². The molecule has 1 aromatic heterocycles. The molecule has 5 rings (SSSR count). The molecule has 1 aliphatic carbocycles. The Morgan fingerprint density at radius 2 is 1.57 bits per heavy atom. The van der Waals surface area contributed by atoms with Crippen molar-refractivity contribution in [1.29, 1.82) is 0 Å². The van der Waals surface area contributed by atoms with Gasteiger partial charge in [-0.05, 0) is 48.2 Å². The monoisotopic (exact) mass is 634 g/mol. The third-order valence-electron chi connectivity index (χ3n) is 8.17. The molecule has 10 heteroatoms. The van der Waals surface area contributed by atoms with Crippen LogP contribution in [0.1, 0.15) is 37.7 Å². The third kappa shape index (κ3) is 6.87. The molecule has 3 aromatic carbocycles. The fourth-order valence-corrected chi connectivity index (χ4v) is 6.37. The molecule has 0 spiro atoms. The number of nitrogens with zero attached hydrogens (tertiary/aromatic N) is 3. The van der Waals surface area contributed by atoms with Crippen LogP contribution in [0.15, 0.2) is 66.9 Å². The molecular formula is C34H36Cl2N4O4. The normalized spacial score (nSPS) is 14.1. The summed E-state index contributed by atoms with van der Waals surface area (Å²) in [5, 5.41) is 14.4. The number of aromatic nitrogens is 2. The zero-order valence-electron chi connectivity index (χ0n) is 25.0. The van der Waals surface area contributed by atoms with E-state index in [1.165, 1.54) is 6.42 Å². The van der Waals surface area contributed by atoms with E-state index in [0.717, 1.165) is 42.4 Å². The molecule has 8 nitrogen and oxygen atoms in total. The minimum Gasteiger partial charge on any atom is -0.496 e. The summed E-state index contributed by atoms with van der Waals surface area (Å²) < 4.78 is 11.1. The molecule has 0 radical (unpaired) electrons. The molecule has 0 unspecified atom stereocenters. The summed E-state index contributed by atoms with van der Waals surface area (Å²) in [6, 6.07) is 17.9. The maximum atomic E-state index is 12.6. The van der Waals surface area contributed by atoms with Crippen molar-refractivity contribution in [2.24, 2.45) is 0 Å². The Hall–Kier alpha value is -4.01. The van der Waals surface area contributed by atoms with Crippen molar-refractivity contribution >= 4 is 40.9 Å². The number of carbonyl (C=O) groups is 1. The summed E-state index contributed by atoms with van der Waals surface area (Å²) in [7, 11) is 5.22. The van der Waals surface area contributed by atoms with E-state index in [1.807, 2.05) is 49.5 Å². The number of anilines is 2. The maximum Gasteiger partial charge on any atom is 0.326 e. The smallest absolute Gasteiger partial charge is 0.326 e. The van der Waals surface area contributed by atoms with E-state index in [1.54, 1.807) is 38.6 Å². The molecule has 1 heterocycles. The van der Waals surface area contributed by atoms with Gasteiger partial charge in [0.25, 0.3) is 0 Å². The Kier molecular flexibility index (Phi) is 10.1. The molecule has 0 amide bonds. The predicted molar refractivity (Wildman–Crippen MR) is 176 cm³/mol. The van der Waals surface area contributed by atoms with Gasteiger partial charge < -0.3 is 24.8 Å². The zero-order chi connectivity index (χ0) is 31.2. The average molecular weight is 636 g/mol. The zero-order valence-corrected chi connectivity index (χ0v) is 26.5. The number of halogens is 2. The van der Waals surface area contributed by atoms with Gasteiger partial charge in [-0.25, -0.2) is 9.78 Å². The fourth-order valence-electron chi connectivity index (χ4n) is 5.77. The van der Waals surface area contributed by atoms with Crippen LogP contribution in [0.25, 0.3) is 22.3 Å². The van der Waals surface area contributed by atoms with E-state index < -0.39 is 12.0 Å². The van der Waals surface area contributed by atoms with Crippen molar-refractivity contribution in [3.8, 4) is 33.8 Å². The van der Waals surface area contributed by atoms with Crippen LogP contribution in [-0.4, -0.2) is 54.4 Å². The van der Waals surface area contributed by atoms with Gasteiger partial charge in [-0.2, -0.15) is 4.98 Å². The van der Waals surface area contributed by atoms with Crippen LogP contribution in [0.3, 0.4) is 0 Å². The van der Waals surface area contributed by atoms with Gasteiger partial charge in [-0.3, -0.25) is 0 Å². The van der Waals surface area contributed by atoms with Crippen LogP contribution in [-0.2, 0) is 11.2 Å². The second kappa shape index (κ2) is 14.2. The van der Waals surface area contributed by atoms with Gasteiger partial charge in [0.1, 0.15) is 23.4 Å². The summed E-state index contributed by atoms with van der Waals surface area (Å²) in [4.78, 5) is 24.2. The van der Waals surface area contributed by atoms with E-state index in [9.17, 15) is 9.90 Å². The van der Waals surface area contributed by atoms with Crippen molar-refractivity contribution < 1.29 is 19.4 Å². The Balaban J connectivity index is 1.47. The second-order valence-electron chi connectivity index (χ2n) is 10.9. The summed E-state index contributed by atoms with van der Waals surface area (Å²) in [6.45, 7) is 0. The number of benzene rings is 3. The molecule has 230 valence electrons. The van der Waals surface area contributed by atoms with Crippen LogP contribution < -0.4 is 19.7 Å². The summed E-state index contributed by atoms with van der Waals surface area (Å²) in [6.07, 6.45) is 7.56. The first kappa shape index (κ1) is 31.4. The molecule has 4 aromatic rings. The number of ether oxygens (including phenoxy) is 2. The molecule has 2 N–H and O–H groups in total. The quantitative estimate of drug-likeness (QED) is 0.171. The Bertz CT molecular complexity index is 1570. The lowest BCUT2D eigenvalue weighted by molar-refractivity contribution is -0.137. The Labute approximate surface area is 268 Å². The maximum absolute atomic E-state index is 12.6. The van der Waals surface area contributed by atoms with E-state index in [4.69, 9.17) is 37.7 Å². The Morgan fingerprint density at radius 3 is 2.16 bits per heavy atom. The third-order valence-corrected chi connectivity index (χ3v) is 8.80. The minimum absolute atomic E-state index is 0.201. The highest BCUT2D eigenvalue weighted by Crippen LogP contribution is 2.40. The highest BCUT2D eigenvalue weighted by Gasteiger charge is 2.26. The van der Waals surface area contributed by atoms with Gasteiger partial charge >= 0.3 is 5.97 Å². The lowest BCUT2D eigenvalue weighted by atomic mass is 9.95. The number of hydrogen-bond acceptors (Lipinski definition) is 7. The number of aliphatic carboxylic acids is 1. The van der Waals surface area contributed by atoms with Gasteiger partial charge in [0.2, 0.25) is 5.95 Å². The Morgan fingerprint density at radius 1 is 0.955 bits per heavy atom. The average Bonchev–Trinajstić information content (AvgIpc) is 3.04. The van der Waals surface area contributed by atoms with Crippen molar-refractivity contribution in [2.45, 2.75) is 50.6 Å². The molecule has 44 heavy (non-hydrogen) atoms. The number of carboxylic acid groups (broad SMARTS) is 1. The molecule has 0 aliphatic heterocycles. The molecule has 1 fully saturated rings. The van der Waals surface area contributed by atoms with Crippen molar-refractivity contribution in [3.05, 3.63) is 82.5 Å². The van der Waals surface area contributed by atoms with Crippen LogP contribution >= 0.6 is 23.2 Å². The largest absolute Gasteiger partial charge is 0.496 e. The lowest BCUT2D eigenvalue weighted by Gasteiger charge is -2.31. The van der Waals surface area contributed by atoms with Gasteiger partial charge in [0.05, 0.1) is 29.8 Å². The summed E-state index contributed by atoms with van der Waals surface area (Å²) >= 11 is 13.2. The van der Waals surface area contributed by atoms with Gasteiger partial charge in [0.15, 0.2) is 0 Å². The van der Waals surface area contributed by atoms with Gasteiger partial charge in [0, 0.05) is 36.8 Å². The summed E-state index contributed by atoms with van der Waals surface area (Å²) in [5.74, 6) is 1.23. The molecule has 1 aliphatic rings. The predicted octanol–water partition coefficient (Wildman–Crippen LogP) is 8.01. The second-order valence-corrected chi connectivity index (χ2v) is 11.7. The van der Waals surface area contributed by atoms with E-state index >= 15 is 0 Å². The number of rotatable bonds is 11. The van der Waals surface area contributed by atoms with Gasteiger partial charge in [-0.15, -0.1) is 0 Å². The molecule has 1 atom stereocenters. The van der Waals surface area contributed by atoms with Gasteiger partial charge in [-0.1, -0.05) is 78.9 Å². The number of methoxy groups -OCH3 is 2. The van der Waals surface area contributed by atoms with Crippen LogP contribution in [0.5, 0.6) is 11.5 Å². The van der Waals surface area contributed by atoms with E-state index in [0.29, 0.717) is 50.5 Å². The molecule has 1 saturated carbocycles. The highest BCUT2D eigenvalue weighted by atomic mass is 35.5. The standard InChI is InChI=1S/C34H36Cl2N4O4/c1-40(23-9-5-4-6-10-23)34-37-20-24(31-25(35)11-7-12-26(31)36)32(39-34)38-27(33(41)42)19-21-15-17-22(18-16-21)30-28(43-2)13-8-14-29(30)44-3/h7-8,11-18,20,23,27H,4-6,9-10,19H2,1-3H3,(H,41,42)(H,37,38,39)/t27-/m0/s1. The number of hydrogen-bond donors (Lipinski definition) is 2. The topological polar surface area (TPSA) is 96.8 Å². The first-order chi connectivity index (χ1) is 21.3. The molecule has 0 bridgehead atoms. The molecule has 0 saturated heterocycles. The van der Waals surface area contributed by atoms with Crippen molar-refractivity contribution in [1.82, 2.24) is 9.97 Å². The van der Waals surface area contributed by atoms with Crippen molar-refractivity contribution in [2.75, 3.05) is 31.5 Å². The van der Waals surface area contributed by atoms with Crippen molar-refractivity contribution in [3.63, 3.8) is 0 Å². The van der Waals surface area contributed by atoms with Crippen LogP contribution in [0.2, 0.25) is 10.0 Å².